The Balaban J connectivity index is 1.68. The fraction of sp³-hybridized carbons (Fsp3) is 0.208. The number of rotatable bonds is 1. The number of anilines is 2. The number of fused-ring (bicyclic) bond motifs is 7. The minimum Gasteiger partial charge on any atom is -0.301 e. The molecule has 0 spiro atoms. The quantitative estimate of drug-likeness (QED) is 0.691. The minimum atomic E-state index is -0.0852. The number of allylic oxidation sites excluding steroid dienone is 2. The average molecular weight is 364 g/mol. The fourth-order valence-electron chi connectivity index (χ4n) is 5.11. The highest BCUT2D eigenvalue weighted by Gasteiger charge is 2.64. The third-order valence-corrected chi connectivity index (χ3v) is 6.84. The first-order valence-corrected chi connectivity index (χ1v) is 9.65. The van der Waals surface area contributed by atoms with Gasteiger partial charge in [-0.2, -0.15) is 4.99 Å². The van der Waals surface area contributed by atoms with Crippen LogP contribution in [0.1, 0.15) is 19.4 Å². The molecule has 4 aliphatic rings. The molecule has 136 valence electrons. The SMILES string of the molecule is CC12C=CC1(C)C1N(c3ccccc3)C3=C(N=C=CC=N3)N1c1ccccc12. The number of hydrogen-bond acceptors (Lipinski definition) is 4. The average Bonchev–Trinajstić information content (AvgIpc) is 2.87. The van der Waals surface area contributed by atoms with Crippen molar-refractivity contribution in [3.8, 4) is 0 Å². The van der Waals surface area contributed by atoms with E-state index >= 15 is 0 Å². The largest absolute Gasteiger partial charge is 0.301 e. The lowest BCUT2D eigenvalue weighted by Crippen LogP contribution is -2.65. The molecule has 28 heavy (non-hydrogen) atoms. The van der Waals surface area contributed by atoms with Crippen molar-refractivity contribution >= 4 is 23.5 Å². The van der Waals surface area contributed by atoms with E-state index in [0.29, 0.717) is 0 Å². The molecule has 0 aromatic heterocycles. The van der Waals surface area contributed by atoms with Crippen LogP contribution in [0.3, 0.4) is 0 Å². The van der Waals surface area contributed by atoms with E-state index < -0.39 is 0 Å². The lowest BCUT2D eigenvalue weighted by atomic mass is 9.50. The Morgan fingerprint density at radius 3 is 2.46 bits per heavy atom. The lowest BCUT2D eigenvalue weighted by molar-refractivity contribution is 0.170. The summed E-state index contributed by atoms with van der Waals surface area (Å²) < 4.78 is 0. The maximum Gasteiger partial charge on any atom is 0.188 e. The van der Waals surface area contributed by atoms with Crippen molar-refractivity contribution in [2.45, 2.75) is 25.4 Å². The molecule has 0 amide bonds. The Kier molecular flexibility index (Phi) is 2.87. The Hall–Kier alpha value is -3.36. The Morgan fingerprint density at radius 1 is 0.893 bits per heavy atom. The molecule has 2 aromatic rings. The first-order chi connectivity index (χ1) is 13.7. The second-order valence-electron chi connectivity index (χ2n) is 8.12. The van der Waals surface area contributed by atoms with Gasteiger partial charge in [0.25, 0.3) is 0 Å². The Bertz CT molecular complexity index is 1150. The van der Waals surface area contributed by atoms with Gasteiger partial charge in [0.2, 0.25) is 0 Å². The predicted molar refractivity (Wildman–Crippen MR) is 114 cm³/mol. The molecule has 4 heteroatoms. The molecule has 0 saturated carbocycles. The van der Waals surface area contributed by atoms with E-state index in [9.17, 15) is 0 Å². The topological polar surface area (TPSA) is 31.2 Å². The maximum absolute atomic E-state index is 4.78. The van der Waals surface area contributed by atoms with E-state index in [0.717, 1.165) is 17.3 Å². The zero-order chi connectivity index (χ0) is 18.9. The van der Waals surface area contributed by atoms with E-state index in [4.69, 9.17) is 9.98 Å². The summed E-state index contributed by atoms with van der Waals surface area (Å²) in [6.45, 7) is 4.70. The maximum atomic E-state index is 4.78. The van der Waals surface area contributed by atoms with Crippen molar-refractivity contribution in [1.82, 2.24) is 0 Å². The van der Waals surface area contributed by atoms with Crippen LogP contribution in [-0.2, 0) is 5.41 Å². The van der Waals surface area contributed by atoms with E-state index in [2.05, 4.69) is 90.2 Å². The summed E-state index contributed by atoms with van der Waals surface area (Å²) in [5.74, 6) is 4.76. The highest BCUT2D eigenvalue weighted by atomic mass is 15.5. The summed E-state index contributed by atoms with van der Waals surface area (Å²) in [6.07, 6.45) is 8.31. The summed E-state index contributed by atoms with van der Waals surface area (Å²) >= 11 is 0. The van der Waals surface area contributed by atoms with Gasteiger partial charge in [-0.3, -0.25) is 4.90 Å². The van der Waals surface area contributed by atoms with E-state index in [1.807, 2.05) is 6.07 Å². The van der Waals surface area contributed by atoms with E-state index in [-0.39, 0.29) is 17.0 Å². The molecule has 0 radical (unpaired) electrons. The van der Waals surface area contributed by atoms with Crippen molar-refractivity contribution in [2.24, 2.45) is 15.4 Å². The number of para-hydroxylation sites is 2. The van der Waals surface area contributed by atoms with Crippen LogP contribution in [0, 0.1) is 5.41 Å². The minimum absolute atomic E-state index is 0.0360. The number of hydrogen-bond donors (Lipinski definition) is 0. The van der Waals surface area contributed by atoms with Gasteiger partial charge in [-0.1, -0.05) is 62.4 Å². The molecule has 0 fully saturated rings. The standard InChI is InChI=1S/C24H20N4/c1-23-13-14-24(23,2)22-27(17-9-4-3-5-10-17)20-21(26-16-8-15-25-20)28(22)19-12-7-6-11-18(19)23/h3-15,22H,1-2H3. The van der Waals surface area contributed by atoms with Crippen LogP contribution in [0.4, 0.5) is 11.4 Å². The highest BCUT2D eigenvalue weighted by molar-refractivity contribution is 5.87. The smallest absolute Gasteiger partial charge is 0.188 e. The molecule has 3 aliphatic heterocycles. The van der Waals surface area contributed by atoms with Gasteiger partial charge in [-0.15, -0.1) is 0 Å². The molecule has 3 heterocycles. The van der Waals surface area contributed by atoms with Gasteiger partial charge in [0.1, 0.15) is 6.17 Å². The second-order valence-corrected chi connectivity index (χ2v) is 8.12. The van der Waals surface area contributed by atoms with E-state index in [1.165, 1.54) is 11.3 Å². The van der Waals surface area contributed by atoms with Gasteiger partial charge in [-0.25, -0.2) is 4.99 Å². The summed E-state index contributed by atoms with van der Waals surface area (Å²) in [6, 6.07) is 19.2. The molecule has 0 N–H and O–H groups in total. The van der Waals surface area contributed by atoms with Crippen molar-refractivity contribution in [2.75, 3.05) is 9.80 Å². The second kappa shape index (κ2) is 5.12. The zero-order valence-electron chi connectivity index (χ0n) is 15.9. The third kappa shape index (κ3) is 1.67. The van der Waals surface area contributed by atoms with Crippen LogP contribution in [-0.4, -0.2) is 18.3 Å². The van der Waals surface area contributed by atoms with Crippen molar-refractivity contribution in [3.05, 3.63) is 90.0 Å². The van der Waals surface area contributed by atoms with Gasteiger partial charge in [-0.05, 0) is 29.6 Å². The normalized spacial score (nSPS) is 31.1. The van der Waals surface area contributed by atoms with Gasteiger partial charge in [0, 0.05) is 34.5 Å². The van der Waals surface area contributed by atoms with Crippen LogP contribution < -0.4 is 9.80 Å². The Morgan fingerprint density at radius 2 is 1.68 bits per heavy atom. The molecule has 3 atom stereocenters. The van der Waals surface area contributed by atoms with Crippen molar-refractivity contribution in [1.29, 1.82) is 0 Å². The Labute approximate surface area is 164 Å². The molecule has 6 rings (SSSR count). The molecular weight excluding hydrogens is 344 g/mol. The van der Waals surface area contributed by atoms with Crippen LogP contribution in [0.2, 0.25) is 0 Å². The lowest BCUT2D eigenvalue weighted by Gasteiger charge is -2.61. The van der Waals surface area contributed by atoms with Gasteiger partial charge >= 0.3 is 0 Å². The van der Waals surface area contributed by atoms with Gasteiger partial charge in [0.05, 0.1) is 0 Å². The summed E-state index contributed by atoms with van der Waals surface area (Å²) in [7, 11) is 0. The van der Waals surface area contributed by atoms with Crippen LogP contribution in [0.25, 0.3) is 0 Å². The van der Waals surface area contributed by atoms with Crippen LogP contribution >= 0.6 is 0 Å². The molecule has 0 saturated heterocycles. The first kappa shape index (κ1) is 15.7. The number of benzene rings is 2. The summed E-state index contributed by atoms with van der Waals surface area (Å²) in [5, 5.41) is 0. The monoisotopic (exact) mass is 364 g/mol. The highest BCUT2D eigenvalue weighted by Crippen LogP contribution is 2.64. The summed E-state index contributed by atoms with van der Waals surface area (Å²) in [5.41, 5.74) is 3.54. The van der Waals surface area contributed by atoms with Gasteiger partial charge < -0.3 is 4.90 Å². The van der Waals surface area contributed by atoms with Crippen molar-refractivity contribution < 1.29 is 0 Å². The molecule has 4 nitrogen and oxygen atoms in total. The first-order valence-electron chi connectivity index (χ1n) is 9.65. The van der Waals surface area contributed by atoms with Crippen LogP contribution in [0.15, 0.2) is 94.5 Å². The van der Waals surface area contributed by atoms with Crippen LogP contribution in [0.5, 0.6) is 0 Å². The third-order valence-electron chi connectivity index (χ3n) is 6.84. The van der Waals surface area contributed by atoms with Gasteiger partial charge in [0.15, 0.2) is 11.6 Å². The van der Waals surface area contributed by atoms with E-state index in [1.54, 1.807) is 12.3 Å². The number of nitrogens with zero attached hydrogens (tertiary/aromatic N) is 4. The molecule has 3 unspecified atom stereocenters. The molecule has 0 bridgehead atoms. The summed E-state index contributed by atoms with van der Waals surface area (Å²) in [4.78, 5) is 14.2. The fourth-order valence-corrected chi connectivity index (χ4v) is 5.11. The molecular formula is C24H20N4. The molecule has 2 aromatic carbocycles. The van der Waals surface area contributed by atoms with Crippen molar-refractivity contribution in [3.63, 3.8) is 0 Å². The zero-order valence-corrected chi connectivity index (χ0v) is 15.9. The molecule has 1 aliphatic carbocycles. The predicted octanol–water partition coefficient (Wildman–Crippen LogP) is 4.62. The number of aliphatic imine (C=N–C) groups is 2.